The van der Waals surface area contributed by atoms with Gasteiger partial charge in [-0.2, -0.15) is 0 Å². The summed E-state index contributed by atoms with van der Waals surface area (Å²) < 4.78 is 0. The van der Waals surface area contributed by atoms with Crippen molar-refractivity contribution < 1.29 is 5.11 Å². The van der Waals surface area contributed by atoms with Crippen molar-refractivity contribution >= 4 is 0 Å². The highest BCUT2D eigenvalue weighted by Gasteiger charge is 2.63. The molecule has 2 unspecified atom stereocenters. The zero-order valence-electron chi connectivity index (χ0n) is 8.56. The van der Waals surface area contributed by atoms with Gasteiger partial charge in [-0.3, -0.25) is 0 Å². The first-order chi connectivity index (χ1) is 5.97. The Bertz CT molecular complexity index is 257. The van der Waals surface area contributed by atoms with E-state index in [9.17, 15) is 5.11 Å². The van der Waals surface area contributed by atoms with Crippen LogP contribution in [0, 0.1) is 23.2 Å². The van der Waals surface area contributed by atoms with Gasteiger partial charge in [-0.1, -0.05) is 26.2 Å². The second-order valence-corrected chi connectivity index (χ2v) is 5.33. The van der Waals surface area contributed by atoms with Crippen LogP contribution in [0.2, 0.25) is 0 Å². The highest BCUT2D eigenvalue weighted by atomic mass is 16.3. The van der Waals surface area contributed by atoms with Crippen molar-refractivity contribution in [2.75, 3.05) is 0 Å². The minimum absolute atomic E-state index is 0.0191. The molecule has 2 aliphatic rings. The lowest BCUT2D eigenvalue weighted by molar-refractivity contribution is -0.103. The van der Waals surface area contributed by atoms with E-state index in [0.717, 1.165) is 25.7 Å². The van der Waals surface area contributed by atoms with Crippen molar-refractivity contribution in [2.24, 2.45) is 10.8 Å². The maximum Gasteiger partial charge on any atom is 0.135 e. The molecule has 0 radical (unpaired) electrons. The third-order valence-electron chi connectivity index (χ3n) is 4.64. The van der Waals surface area contributed by atoms with Gasteiger partial charge in [-0.15, -0.1) is 6.42 Å². The maximum absolute atomic E-state index is 10.6. The molecule has 0 spiro atoms. The molecule has 2 saturated carbocycles. The van der Waals surface area contributed by atoms with Crippen molar-refractivity contribution in [2.45, 2.75) is 51.6 Å². The Morgan fingerprint density at radius 1 is 1.08 bits per heavy atom. The number of hydrogen-bond donors (Lipinski definition) is 1. The molecule has 13 heavy (non-hydrogen) atoms. The van der Waals surface area contributed by atoms with E-state index >= 15 is 0 Å². The van der Waals surface area contributed by atoms with Crippen LogP contribution in [0.15, 0.2) is 0 Å². The number of terminal acetylenes is 1. The van der Waals surface area contributed by atoms with E-state index in [1.807, 2.05) is 0 Å². The van der Waals surface area contributed by atoms with E-state index in [2.05, 4.69) is 19.8 Å². The fourth-order valence-electron chi connectivity index (χ4n) is 3.47. The van der Waals surface area contributed by atoms with E-state index in [4.69, 9.17) is 6.42 Å². The Kier molecular flexibility index (Phi) is 1.61. The standard InChI is InChI=1S/C12H18O/c1-4-12(13)10(2)6-5-7-11(12,3)9-8-10/h1,13H,5-9H2,2-3H3. The highest BCUT2D eigenvalue weighted by Crippen LogP contribution is 2.64. The summed E-state index contributed by atoms with van der Waals surface area (Å²) in [5.74, 6) is 2.68. The van der Waals surface area contributed by atoms with Gasteiger partial charge in [0.2, 0.25) is 0 Å². The van der Waals surface area contributed by atoms with Crippen LogP contribution in [0.1, 0.15) is 46.0 Å². The van der Waals surface area contributed by atoms with E-state index in [-0.39, 0.29) is 10.8 Å². The van der Waals surface area contributed by atoms with E-state index in [1.165, 1.54) is 6.42 Å². The first kappa shape index (κ1) is 9.09. The lowest BCUT2D eigenvalue weighted by Gasteiger charge is -2.48. The van der Waals surface area contributed by atoms with Gasteiger partial charge in [-0.25, -0.2) is 0 Å². The molecule has 0 heterocycles. The van der Waals surface area contributed by atoms with Crippen LogP contribution in [0.5, 0.6) is 0 Å². The van der Waals surface area contributed by atoms with Crippen LogP contribution >= 0.6 is 0 Å². The van der Waals surface area contributed by atoms with Crippen molar-refractivity contribution in [3.05, 3.63) is 0 Å². The van der Waals surface area contributed by atoms with Crippen LogP contribution in [-0.2, 0) is 0 Å². The zero-order chi connectivity index (χ0) is 9.74. The molecule has 2 rings (SSSR count). The lowest BCUT2D eigenvalue weighted by Crippen LogP contribution is -2.53. The van der Waals surface area contributed by atoms with Gasteiger partial charge in [0.15, 0.2) is 0 Å². The zero-order valence-corrected chi connectivity index (χ0v) is 8.56. The molecule has 0 aliphatic heterocycles. The van der Waals surface area contributed by atoms with Crippen molar-refractivity contribution in [1.29, 1.82) is 0 Å². The Labute approximate surface area is 80.5 Å². The van der Waals surface area contributed by atoms with Gasteiger partial charge in [0.25, 0.3) is 0 Å². The summed E-state index contributed by atoms with van der Waals surface area (Å²) in [6.07, 6.45) is 11.1. The predicted molar refractivity (Wildman–Crippen MR) is 53.1 cm³/mol. The molecular weight excluding hydrogens is 160 g/mol. The smallest absolute Gasteiger partial charge is 0.135 e. The third kappa shape index (κ3) is 0.828. The van der Waals surface area contributed by atoms with Crippen molar-refractivity contribution in [1.82, 2.24) is 0 Å². The van der Waals surface area contributed by atoms with E-state index in [1.54, 1.807) is 0 Å². The molecule has 1 heteroatoms. The molecule has 2 aliphatic carbocycles. The topological polar surface area (TPSA) is 20.2 Å². The first-order valence-corrected chi connectivity index (χ1v) is 5.18. The van der Waals surface area contributed by atoms with E-state index in [0.29, 0.717) is 0 Å². The van der Waals surface area contributed by atoms with Crippen molar-refractivity contribution in [3.8, 4) is 12.3 Å². The monoisotopic (exact) mass is 178 g/mol. The van der Waals surface area contributed by atoms with Crippen LogP contribution in [0.3, 0.4) is 0 Å². The summed E-state index contributed by atoms with van der Waals surface area (Å²) in [5.41, 5.74) is -0.887. The Balaban J connectivity index is 2.50. The quantitative estimate of drug-likeness (QED) is 0.564. The number of fused-ring (bicyclic) bond motifs is 2. The second kappa shape index (κ2) is 2.30. The van der Waals surface area contributed by atoms with Crippen LogP contribution in [-0.4, -0.2) is 10.7 Å². The number of aliphatic hydroxyl groups is 1. The molecule has 0 amide bonds. The van der Waals surface area contributed by atoms with Gasteiger partial charge in [0, 0.05) is 10.8 Å². The Morgan fingerprint density at radius 3 is 1.85 bits per heavy atom. The summed E-state index contributed by atoms with van der Waals surface area (Å²) in [6.45, 7) is 4.30. The predicted octanol–water partition coefficient (Wildman–Crippen LogP) is 2.34. The first-order valence-electron chi connectivity index (χ1n) is 5.18. The molecule has 0 saturated heterocycles. The van der Waals surface area contributed by atoms with Crippen LogP contribution in [0.25, 0.3) is 0 Å². The Morgan fingerprint density at radius 2 is 1.54 bits per heavy atom. The second-order valence-electron chi connectivity index (χ2n) is 5.33. The summed E-state index contributed by atoms with van der Waals surface area (Å²) in [7, 11) is 0. The average Bonchev–Trinajstić information content (AvgIpc) is 2.27. The normalized spacial score (nSPS) is 54.6. The average molecular weight is 178 g/mol. The van der Waals surface area contributed by atoms with Gasteiger partial charge in [0.1, 0.15) is 5.60 Å². The molecule has 1 nitrogen and oxygen atoms in total. The minimum Gasteiger partial charge on any atom is -0.376 e. The summed E-state index contributed by atoms with van der Waals surface area (Å²) >= 11 is 0. The van der Waals surface area contributed by atoms with E-state index < -0.39 is 5.60 Å². The van der Waals surface area contributed by atoms with Gasteiger partial charge in [-0.05, 0) is 25.7 Å². The molecular formula is C12H18O. The molecule has 1 N–H and O–H groups in total. The highest BCUT2D eigenvalue weighted by molar-refractivity contribution is 5.27. The fourth-order valence-corrected chi connectivity index (χ4v) is 3.47. The molecule has 72 valence electrons. The molecule has 2 bridgehead atoms. The Hall–Kier alpha value is -0.480. The van der Waals surface area contributed by atoms with Crippen LogP contribution < -0.4 is 0 Å². The van der Waals surface area contributed by atoms with Crippen LogP contribution in [0.4, 0.5) is 0 Å². The third-order valence-corrected chi connectivity index (χ3v) is 4.64. The summed E-state index contributed by atoms with van der Waals surface area (Å²) in [4.78, 5) is 0. The number of hydrogen-bond acceptors (Lipinski definition) is 1. The summed E-state index contributed by atoms with van der Waals surface area (Å²) in [5, 5.41) is 10.6. The summed E-state index contributed by atoms with van der Waals surface area (Å²) in [6, 6.07) is 0. The maximum atomic E-state index is 10.6. The minimum atomic E-state index is -0.849. The van der Waals surface area contributed by atoms with Gasteiger partial charge >= 0.3 is 0 Å². The molecule has 0 aromatic heterocycles. The molecule has 0 aromatic rings. The fraction of sp³-hybridized carbons (Fsp3) is 0.833. The molecule has 2 fully saturated rings. The van der Waals surface area contributed by atoms with Crippen molar-refractivity contribution in [3.63, 3.8) is 0 Å². The molecule has 2 atom stereocenters. The lowest BCUT2D eigenvalue weighted by atomic mass is 9.59. The largest absolute Gasteiger partial charge is 0.376 e. The van der Waals surface area contributed by atoms with Gasteiger partial charge in [0.05, 0.1) is 0 Å². The van der Waals surface area contributed by atoms with Gasteiger partial charge < -0.3 is 5.11 Å². The molecule has 0 aromatic carbocycles. The SMILES string of the molecule is C#CC1(O)C2(C)CCCC1(C)CC2. The number of rotatable bonds is 0.